The lowest BCUT2D eigenvalue weighted by Gasteiger charge is -2.56. The molecule has 0 aromatic rings. The van der Waals surface area contributed by atoms with Gasteiger partial charge in [-0.3, -0.25) is 4.79 Å². The van der Waals surface area contributed by atoms with E-state index >= 15 is 0 Å². The van der Waals surface area contributed by atoms with Crippen molar-refractivity contribution >= 4 is 5.91 Å². The number of piperidine rings is 1. The zero-order valence-electron chi connectivity index (χ0n) is 12.8. The Labute approximate surface area is 117 Å². The van der Waals surface area contributed by atoms with Crippen LogP contribution in [0, 0.1) is 17.3 Å². The first-order valence-electron chi connectivity index (χ1n) is 7.95. The van der Waals surface area contributed by atoms with Gasteiger partial charge in [0.1, 0.15) is 0 Å². The molecule has 4 rings (SSSR count). The number of hydrogen-bond acceptors (Lipinski definition) is 1. The van der Waals surface area contributed by atoms with Gasteiger partial charge in [-0.15, -0.1) is 0 Å². The summed E-state index contributed by atoms with van der Waals surface area (Å²) in [6.45, 7) is 9.11. The predicted molar refractivity (Wildman–Crippen MR) is 77.7 cm³/mol. The molecule has 0 radical (unpaired) electrons. The van der Waals surface area contributed by atoms with E-state index < -0.39 is 0 Å². The third-order valence-electron chi connectivity index (χ3n) is 6.14. The zero-order chi connectivity index (χ0) is 13.8. The lowest BCUT2D eigenvalue weighted by atomic mass is 9.48. The van der Waals surface area contributed by atoms with E-state index in [-0.39, 0.29) is 0 Å². The fourth-order valence-corrected chi connectivity index (χ4v) is 4.56. The highest BCUT2D eigenvalue weighted by atomic mass is 16.2. The highest BCUT2D eigenvalue weighted by molar-refractivity contribution is 5.95. The van der Waals surface area contributed by atoms with E-state index in [9.17, 15) is 4.79 Å². The van der Waals surface area contributed by atoms with E-state index in [0.29, 0.717) is 29.3 Å². The van der Waals surface area contributed by atoms with Gasteiger partial charge in [0, 0.05) is 17.7 Å². The number of hydrogen-bond donors (Lipinski definition) is 0. The Hall–Kier alpha value is -0.790. The van der Waals surface area contributed by atoms with Crippen LogP contribution in [-0.2, 0) is 4.79 Å². The topological polar surface area (TPSA) is 20.3 Å². The van der Waals surface area contributed by atoms with Crippen LogP contribution < -0.4 is 0 Å². The van der Waals surface area contributed by atoms with Gasteiger partial charge < -0.3 is 4.90 Å². The van der Waals surface area contributed by atoms with E-state index in [0.717, 1.165) is 17.9 Å². The van der Waals surface area contributed by atoms with Crippen molar-refractivity contribution in [3.63, 3.8) is 0 Å². The summed E-state index contributed by atoms with van der Waals surface area (Å²) < 4.78 is 0. The maximum Gasteiger partial charge on any atom is 0.250 e. The first kappa shape index (κ1) is 13.2. The normalized spacial score (nSPS) is 40.4. The number of nitrogens with zero attached hydrogens (tertiary/aromatic N) is 1. The molecule has 3 aliphatic carbocycles. The molecule has 4 aliphatic rings. The molecule has 106 valence electrons. The van der Waals surface area contributed by atoms with E-state index in [2.05, 4.69) is 38.7 Å². The van der Waals surface area contributed by atoms with Crippen LogP contribution in [0.5, 0.6) is 0 Å². The highest BCUT2D eigenvalue weighted by Gasteiger charge is 2.53. The molecule has 1 saturated carbocycles. The second-order valence-corrected chi connectivity index (χ2v) is 7.54. The monoisotopic (exact) mass is 261 g/mol. The first-order chi connectivity index (χ1) is 8.93. The quantitative estimate of drug-likeness (QED) is 0.703. The van der Waals surface area contributed by atoms with Gasteiger partial charge in [0.05, 0.1) is 0 Å². The third kappa shape index (κ3) is 1.86. The molecule has 2 heteroatoms. The van der Waals surface area contributed by atoms with Crippen molar-refractivity contribution in [3.8, 4) is 0 Å². The second kappa shape index (κ2) is 4.36. The van der Waals surface area contributed by atoms with Crippen molar-refractivity contribution in [1.82, 2.24) is 4.90 Å². The fraction of sp³-hybridized carbons (Fsp3) is 0.824. The molecule has 4 atom stereocenters. The van der Waals surface area contributed by atoms with E-state index in [1.54, 1.807) is 0 Å². The summed E-state index contributed by atoms with van der Waals surface area (Å²) in [6, 6.07) is 0.830. The van der Waals surface area contributed by atoms with Crippen molar-refractivity contribution in [1.29, 1.82) is 0 Å². The molecule has 0 aromatic heterocycles. The van der Waals surface area contributed by atoms with Gasteiger partial charge in [-0.2, -0.15) is 0 Å². The molecular weight excluding hydrogens is 234 g/mol. The summed E-state index contributed by atoms with van der Waals surface area (Å²) in [5, 5.41) is 0. The Morgan fingerprint density at radius 2 is 1.89 bits per heavy atom. The fourth-order valence-electron chi connectivity index (χ4n) is 4.56. The number of carbonyl (C=O) groups excluding carboxylic acids is 1. The number of rotatable bonds is 1. The van der Waals surface area contributed by atoms with Crippen molar-refractivity contribution < 1.29 is 4.79 Å². The maximum atomic E-state index is 13.0. The summed E-state index contributed by atoms with van der Waals surface area (Å²) in [7, 11) is 0. The summed E-state index contributed by atoms with van der Waals surface area (Å²) in [5.41, 5.74) is 1.48. The van der Waals surface area contributed by atoms with Crippen LogP contribution >= 0.6 is 0 Å². The van der Waals surface area contributed by atoms with Crippen LogP contribution in [0.4, 0.5) is 0 Å². The van der Waals surface area contributed by atoms with Gasteiger partial charge in [-0.25, -0.2) is 0 Å². The summed E-state index contributed by atoms with van der Waals surface area (Å²) in [5.74, 6) is 1.67. The maximum absolute atomic E-state index is 13.0. The van der Waals surface area contributed by atoms with Crippen LogP contribution in [0.1, 0.15) is 59.8 Å². The molecule has 0 aromatic carbocycles. The predicted octanol–water partition coefficient (Wildman–Crippen LogP) is 3.77. The number of amides is 1. The summed E-state index contributed by atoms with van der Waals surface area (Å²) in [6.07, 6.45) is 8.20. The van der Waals surface area contributed by atoms with Crippen molar-refractivity contribution in [3.05, 3.63) is 11.6 Å². The molecule has 1 aliphatic heterocycles. The van der Waals surface area contributed by atoms with Gasteiger partial charge >= 0.3 is 0 Å². The standard InChI is InChI=1S/C17H27NO/c1-11-6-5-7-12(2)18(11)16(19)14-9-8-13-10-15(14)17(13,3)4/h9,11-13,15H,5-8,10H2,1-4H3. The first-order valence-corrected chi connectivity index (χ1v) is 7.95. The lowest BCUT2D eigenvalue weighted by Crippen LogP contribution is -2.54. The molecule has 2 nitrogen and oxygen atoms in total. The number of allylic oxidation sites excluding steroid dienone is 1. The van der Waals surface area contributed by atoms with Gasteiger partial charge in [0.25, 0.3) is 0 Å². The average Bonchev–Trinajstić information content (AvgIpc) is 2.38. The van der Waals surface area contributed by atoms with E-state index in [1.807, 2.05) is 0 Å². The van der Waals surface area contributed by atoms with Crippen molar-refractivity contribution in [2.24, 2.45) is 17.3 Å². The Kier molecular flexibility index (Phi) is 3.03. The van der Waals surface area contributed by atoms with Gasteiger partial charge in [0.2, 0.25) is 5.91 Å². The molecule has 0 spiro atoms. The molecule has 4 unspecified atom stereocenters. The van der Waals surface area contributed by atoms with E-state index in [4.69, 9.17) is 0 Å². The zero-order valence-corrected chi connectivity index (χ0v) is 12.8. The van der Waals surface area contributed by atoms with Crippen LogP contribution in [0.25, 0.3) is 0 Å². The highest BCUT2D eigenvalue weighted by Crippen LogP contribution is 2.59. The Morgan fingerprint density at radius 3 is 2.42 bits per heavy atom. The van der Waals surface area contributed by atoms with Crippen molar-refractivity contribution in [2.75, 3.05) is 0 Å². The molecule has 1 heterocycles. The Bertz CT molecular complexity index is 413. The molecule has 2 fully saturated rings. The molecule has 0 N–H and O–H groups in total. The van der Waals surface area contributed by atoms with Gasteiger partial charge in [0.15, 0.2) is 0 Å². The molecular formula is C17H27NO. The Balaban J connectivity index is 1.82. The molecule has 1 amide bonds. The van der Waals surface area contributed by atoms with Crippen LogP contribution in [0.2, 0.25) is 0 Å². The summed E-state index contributed by atoms with van der Waals surface area (Å²) in [4.78, 5) is 15.1. The number of likely N-dealkylation sites (tertiary alicyclic amines) is 1. The minimum atomic E-state index is 0.343. The van der Waals surface area contributed by atoms with Crippen LogP contribution in [0.3, 0.4) is 0 Å². The van der Waals surface area contributed by atoms with Crippen molar-refractivity contribution in [2.45, 2.75) is 71.9 Å². The largest absolute Gasteiger partial charge is 0.334 e. The number of carbonyl (C=O) groups is 1. The lowest BCUT2D eigenvalue weighted by molar-refractivity contribution is -0.136. The van der Waals surface area contributed by atoms with Gasteiger partial charge in [-0.05, 0) is 63.2 Å². The minimum absolute atomic E-state index is 0.343. The SMILES string of the molecule is CC1CCCC(C)N1C(=O)C1=CCC2CC1C2(C)C. The average molecular weight is 261 g/mol. The van der Waals surface area contributed by atoms with Crippen LogP contribution in [0.15, 0.2) is 11.6 Å². The van der Waals surface area contributed by atoms with Crippen LogP contribution in [-0.4, -0.2) is 22.9 Å². The number of fused-ring (bicyclic) bond motifs is 1. The Morgan fingerprint density at radius 1 is 1.26 bits per heavy atom. The minimum Gasteiger partial charge on any atom is -0.334 e. The molecule has 2 bridgehead atoms. The van der Waals surface area contributed by atoms with E-state index in [1.165, 1.54) is 25.7 Å². The molecule has 1 saturated heterocycles. The molecule has 19 heavy (non-hydrogen) atoms. The third-order valence-corrected chi connectivity index (χ3v) is 6.14. The summed E-state index contributed by atoms with van der Waals surface area (Å²) >= 11 is 0. The second-order valence-electron chi connectivity index (χ2n) is 7.54. The van der Waals surface area contributed by atoms with Gasteiger partial charge in [-0.1, -0.05) is 19.9 Å². The smallest absolute Gasteiger partial charge is 0.250 e.